The van der Waals surface area contributed by atoms with Crippen molar-refractivity contribution in [3.05, 3.63) is 0 Å². The number of esters is 1. The lowest BCUT2D eigenvalue weighted by Crippen LogP contribution is -2.28. The summed E-state index contributed by atoms with van der Waals surface area (Å²) in [6.45, 7) is 6.95. The number of rotatable bonds is 27. The first-order valence-corrected chi connectivity index (χ1v) is 14.5. The molecule has 0 aliphatic rings. The SMILES string of the molecule is CCCCCCCCCOC(=O)CCCCCCCN(CCCCCCCC(C)=O)CCC(=O)O. The summed E-state index contributed by atoms with van der Waals surface area (Å²) in [4.78, 5) is 36.1. The first-order valence-electron chi connectivity index (χ1n) is 14.5. The van der Waals surface area contributed by atoms with Crippen LogP contribution in [0.4, 0.5) is 0 Å². The van der Waals surface area contributed by atoms with E-state index in [1.165, 1.54) is 32.1 Å². The van der Waals surface area contributed by atoms with Crippen LogP contribution in [0.25, 0.3) is 0 Å². The molecule has 6 nitrogen and oxygen atoms in total. The third-order valence-electron chi connectivity index (χ3n) is 6.51. The van der Waals surface area contributed by atoms with Crippen molar-refractivity contribution in [2.45, 2.75) is 142 Å². The Morgan fingerprint density at radius 2 is 1.09 bits per heavy atom. The van der Waals surface area contributed by atoms with E-state index >= 15 is 0 Å². The van der Waals surface area contributed by atoms with Gasteiger partial charge in [-0.25, -0.2) is 0 Å². The topological polar surface area (TPSA) is 83.9 Å². The van der Waals surface area contributed by atoms with E-state index in [0.717, 1.165) is 90.1 Å². The van der Waals surface area contributed by atoms with Crippen molar-refractivity contribution >= 4 is 17.7 Å². The van der Waals surface area contributed by atoms with Gasteiger partial charge in [0.1, 0.15) is 5.78 Å². The average molecular weight is 498 g/mol. The number of ketones is 1. The Bertz CT molecular complexity index is 523. The summed E-state index contributed by atoms with van der Waals surface area (Å²) >= 11 is 0. The van der Waals surface area contributed by atoms with E-state index in [1.807, 2.05) is 0 Å². The fourth-order valence-corrected chi connectivity index (χ4v) is 4.28. The number of hydrogen-bond donors (Lipinski definition) is 1. The van der Waals surface area contributed by atoms with E-state index in [4.69, 9.17) is 9.84 Å². The largest absolute Gasteiger partial charge is 0.481 e. The maximum atomic E-state index is 11.8. The highest BCUT2D eigenvalue weighted by atomic mass is 16.5. The molecule has 0 unspecified atom stereocenters. The van der Waals surface area contributed by atoms with Gasteiger partial charge in [-0.1, -0.05) is 84.0 Å². The Hall–Kier alpha value is -1.43. The molecular weight excluding hydrogens is 442 g/mol. The van der Waals surface area contributed by atoms with Crippen molar-refractivity contribution in [3.63, 3.8) is 0 Å². The molecule has 0 amide bonds. The van der Waals surface area contributed by atoms with Crippen LogP contribution in [0, 0.1) is 0 Å². The maximum Gasteiger partial charge on any atom is 0.305 e. The number of ether oxygens (including phenoxy) is 1. The maximum absolute atomic E-state index is 11.8. The number of carbonyl (C=O) groups is 3. The van der Waals surface area contributed by atoms with Crippen LogP contribution in [0.15, 0.2) is 0 Å². The van der Waals surface area contributed by atoms with Gasteiger partial charge < -0.3 is 19.5 Å². The molecule has 35 heavy (non-hydrogen) atoms. The molecule has 0 radical (unpaired) electrons. The van der Waals surface area contributed by atoms with Gasteiger partial charge in [0.2, 0.25) is 0 Å². The molecule has 0 aromatic carbocycles. The third kappa shape index (κ3) is 27.0. The van der Waals surface area contributed by atoms with E-state index in [2.05, 4.69) is 11.8 Å². The molecule has 1 N–H and O–H groups in total. The molecule has 0 aromatic rings. The second kappa shape index (κ2) is 25.7. The number of nitrogens with zero attached hydrogens (tertiary/aromatic N) is 1. The van der Waals surface area contributed by atoms with Gasteiger partial charge in [0, 0.05) is 19.4 Å². The number of carboxylic acid groups (broad SMARTS) is 1. The highest BCUT2D eigenvalue weighted by molar-refractivity contribution is 5.75. The second-order valence-electron chi connectivity index (χ2n) is 10.1. The number of carboxylic acids is 1. The lowest BCUT2D eigenvalue weighted by Gasteiger charge is -2.21. The molecule has 206 valence electrons. The van der Waals surface area contributed by atoms with Gasteiger partial charge in [-0.3, -0.25) is 9.59 Å². The summed E-state index contributed by atoms with van der Waals surface area (Å²) in [7, 11) is 0. The van der Waals surface area contributed by atoms with Gasteiger partial charge in [-0.15, -0.1) is 0 Å². The van der Waals surface area contributed by atoms with E-state index < -0.39 is 5.97 Å². The van der Waals surface area contributed by atoms with Gasteiger partial charge >= 0.3 is 11.9 Å². The zero-order valence-electron chi connectivity index (χ0n) is 23.0. The Morgan fingerprint density at radius 3 is 1.63 bits per heavy atom. The lowest BCUT2D eigenvalue weighted by atomic mass is 10.1. The molecule has 0 aliphatic carbocycles. The number of carbonyl (C=O) groups excluding carboxylic acids is 2. The third-order valence-corrected chi connectivity index (χ3v) is 6.51. The van der Waals surface area contributed by atoms with Gasteiger partial charge in [-0.2, -0.15) is 0 Å². The quantitative estimate of drug-likeness (QED) is 0.0945. The predicted molar refractivity (Wildman–Crippen MR) is 144 cm³/mol. The first kappa shape index (κ1) is 33.6. The van der Waals surface area contributed by atoms with Gasteiger partial charge in [0.25, 0.3) is 0 Å². The molecule has 0 fully saturated rings. The highest BCUT2D eigenvalue weighted by Gasteiger charge is 2.08. The predicted octanol–water partition coefficient (Wildman–Crippen LogP) is 7.33. The van der Waals surface area contributed by atoms with Crippen molar-refractivity contribution in [2.75, 3.05) is 26.2 Å². The number of unbranched alkanes of at least 4 members (excludes halogenated alkanes) is 14. The normalized spacial score (nSPS) is 11.2. The molecule has 0 saturated carbocycles. The fourth-order valence-electron chi connectivity index (χ4n) is 4.28. The minimum atomic E-state index is -0.738. The standard InChI is InChI=1S/C29H55NO5/c1-3-4-5-6-7-14-19-26-35-29(34)21-16-11-9-13-18-24-30(25-22-28(32)33)23-17-12-8-10-15-20-27(2)31/h3-26H2,1-2H3,(H,32,33). The van der Waals surface area contributed by atoms with E-state index in [1.54, 1.807) is 6.92 Å². The van der Waals surface area contributed by atoms with Gasteiger partial charge in [0.15, 0.2) is 0 Å². The molecule has 0 rings (SSSR count). The smallest absolute Gasteiger partial charge is 0.305 e. The molecule has 6 heteroatoms. The second-order valence-corrected chi connectivity index (χ2v) is 10.1. The van der Waals surface area contributed by atoms with Crippen molar-refractivity contribution in [2.24, 2.45) is 0 Å². The van der Waals surface area contributed by atoms with E-state index in [9.17, 15) is 14.4 Å². The monoisotopic (exact) mass is 497 g/mol. The molecular formula is C29H55NO5. The van der Waals surface area contributed by atoms with Crippen molar-refractivity contribution < 1.29 is 24.2 Å². The Balaban J connectivity index is 3.70. The van der Waals surface area contributed by atoms with Crippen molar-refractivity contribution in [1.82, 2.24) is 4.90 Å². The van der Waals surface area contributed by atoms with Crippen LogP contribution >= 0.6 is 0 Å². The molecule has 0 atom stereocenters. The molecule has 0 aliphatic heterocycles. The Kier molecular flexibility index (Phi) is 24.6. The van der Waals surface area contributed by atoms with Crippen LogP contribution in [-0.2, 0) is 19.1 Å². The van der Waals surface area contributed by atoms with Crippen LogP contribution in [0.3, 0.4) is 0 Å². The molecule has 0 saturated heterocycles. The van der Waals surface area contributed by atoms with E-state index in [-0.39, 0.29) is 18.2 Å². The molecule has 0 spiro atoms. The fraction of sp³-hybridized carbons (Fsp3) is 0.897. The van der Waals surface area contributed by atoms with Gasteiger partial charge in [0.05, 0.1) is 13.0 Å². The van der Waals surface area contributed by atoms with Crippen LogP contribution < -0.4 is 0 Å². The summed E-state index contributed by atoms with van der Waals surface area (Å²) < 4.78 is 5.35. The Labute approximate surface area is 215 Å². The van der Waals surface area contributed by atoms with Crippen LogP contribution in [-0.4, -0.2) is 54.0 Å². The summed E-state index contributed by atoms with van der Waals surface area (Å²) in [5.41, 5.74) is 0. The zero-order chi connectivity index (χ0) is 26.0. The molecule has 0 bridgehead atoms. The summed E-state index contributed by atoms with van der Waals surface area (Å²) in [5.74, 6) is -0.529. The molecule has 0 aromatic heterocycles. The average Bonchev–Trinajstić information content (AvgIpc) is 2.82. The number of Topliss-reactive ketones (excluding diaryl/α,β-unsaturated/α-hetero) is 1. The minimum absolute atomic E-state index is 0.0582. The highest BCUT2D eigenvalue weighted by Crippen LogP contribution is 2.11. The molecule has 0 heterocycles. The lowest BCUT2D eigenvalue weighted by molar-refractivity contribution is -0.144. The summed E-state index contributed by atoms with van der Waals surface area (Å²) in [6.07, 6.45) is 20.7. The Morgan fingerprint density at radius 1 is 0.600 bits per heavy atom. The summed E-state index contributed by atoms with van der Waals surface area (Å²) in [6, 6.07) is 0. The van der Waals surface area contributed by atoms with Crippen molar-refractivity contribution in [1.29, 1.82) is 0 Å². The van der Waals surface area contributed by atoms with Crippen LogP contribution in [0.2, 0.25) is 0 Å². The van der Waals surface area contributed by atoms with Crippen LogP contribution in [0.1, 0.15) is 142 Å². The van der Waals surface area contributed by atoms with Crippen LogP contribution in [0.5, 0.6) is 0 Å². The van der Waals surface area contributed by atoms with Gasteiger partial charge in [-0.05, 0) is 52.1 Å². The zero-order valence-corrected chi connectivity index (χ0v) is 23.0. The number of hydrogen-bond acceptors (Lipinski definition) is 5. The minimum Gasteiger partial charge on any atom is -0.481 e. The van der Waals surface area contributed by atoms with Crippen molar-refractivity contribution in [3.8, 4) is 0 Å². The van der Waals surface area contributed by atoms with E-state index in [0.29, 0.717) is 26.0 Å². The number of aliphatic carboxylic acids is 1. The summed E-state index contributed by atoms with van der Waals surface area (Å²) in [5, 5.41) is 9.02. The first-order chi connectivity index (χ1) is 17.0.